The summed E-state index contributed by atoms with van der Waals surface area (Å²) in [4.78, 5) is 12.5. The minimum atomic E-state index is -0.193. The van der Waals surface area contributed by atoms with E-state index < -0.39 is 0 Å². The Labute approximate surface area is 126 Å². The quantitative estimate of drug-likeness (QED) is 0.552. The fourth-order valence-corrected chi connectivity index (χ4v) is 2.13. The van der Waals surface area contributed by atoms with Gasteiger partial charge in [-0.1, -0.05) is 10.3 Å². The van der Waals surface area contributed by atoms with Crippen molar-refractivity contribution in [2.24, 2.45) is 0 Å². The van der Waals surface area contributed by atoms with Crippen LogP contribution in [-0.2, 0) is 12.8 Å². The fourth-order valence-electron chi connectivity index (χ4n) is 1.86. The highest BCUT2D eigenvalue weighted by molar-refractivity contribution is 6.18. The number of carbonyl (C=O) groups is 1. The Bertz CT molecular complexity index is 517. The van der Waals surface area contributed by atoms with Crippen LogP contribution in [0.15, 0.2) is 21.4 Å². The van der Waals surface area contributed by atoms with E-state index in [2.05, 4.69) is 10.3 Å². The Morgan fingerprint density at radius 1 is 0.950 bits per heavy atom. The first-order valence-electron chi connectivity index (χ1n) is 6.31. The predicted molar refractivity (Wildman–Crippen MR) is 74.5 cm³/mol. The van der Waals surface area contributed by atoms with Gasteiger partial charge in [0.2, 0.25) is 5.78 Å². The standard InChI is InChI=1S/C13H14Cl2N2O3/c14-5-1-3-11-9(7-16-19-11)13(18)10-8-17-20-12(10)4-2-6-15/h7-8H,1-6H2. The summed E-state index contributed by atoms with van der Waals surface area (Å²) >= 11 is 11.3. The molecule has 0 saturated heterocycles. The molecule has 108 valence electrons. The van der Waals surface area contributed by atoms with Crippen molar-refractivity contribution in [3.05, 3.63) is 35.0 Å². The van der Waals surface area contributed by atoms with E-state index in [1.54, 1.807) is 0 Å². The van der Waals surface area contributed by atoms with Crippen molar-refractivity contribution in [2.75, 3.05) is 11.8 Å². The SMILES string of the molecule is O=C(c1cnoc1CCCCl)c1cnoc1CCCCl. The molecule has 7 heteroatoms. The van der Waals surface area contributed by atoms with E-state index in [0.29, 0.717) is 47.2 Å². The number of ketones is 1. The minimum Gasteiger partial charge on any atom is -0.361 e. The molecule has 5 nitrogen and oxygen atoms in total. The van der Waals surface area contributed by atoms with E-state index in [1.165, 1.54) is 12.4 Å². The average molecular weight is 317 g/mol. The number of carbonyl (C=O) groups excluding carboxylic acids is 1. The van der Waals surface area contributed by atoms with E-state index in [-0.39, 0.29) is 5.78 Å². The number of alkyl halides is 2. The number of rotatable bonds is 8. The van der Waals surface area contributed by atoms with Crippen LogP contribution in [0.2, 0.25) is 0 Å². The number of aryl methyl sites for hydroxylation is 2. The zero-order valence-corrected chi connectivity index (χ0v) is 12.3. The van der Waals surface area contributed by atoms with E-state index >= 15 is 0 Å². The molecule has 2 heterocycles. The Morgan fingerprint density at radius 3 is 1.80 bits per heavy atom. The van der Waals surface area contributed by atoms with Crippen molar-refractivity contribution in [1.29, 1.82) is 0 Å². The Hall–Kier alpha value is -1.33. The van der Waals surface area contributed by atoms with Gasteiger partial charge in [0, 0.05) is 24.6 Å². The molecule has 20 heavy (non-hydrogen) atoms. The lowest BCUT2D eigenvalue weighted by molar-refractivity contribution is 0.103. The van der Waals surface area contributed by atoms with Gasteiger partial charge in [0.25, 0.3) is 0 Å². The smallest absolute Gasteiger partial charge is 0.203 e. The zero-order valence-electron chi connectivity index (χ0n) is 10.8. The molecule has 0 aliphatic heterocycles. The molecule has 0 bridgehead atoms. The summed E-state index contributed by atoms with van der Waals surface area (Å²) in [5.41, 5.74) is 0.871. The van der Waals surface area contributed by atoms with Crippen LogP contribution in [0.5, 0.6) is 0 Å². The maximum Gasteiger partial charge on any atom is 0.203 e. The van der Waals surface area contributed by atoms with Crippen molar-refractivity contribution in [3.63, 3.8) is 0 Å². The minimum absolute atomic E-state index is 0.193. The maximum absolute atomic E-state index is 12.5. The molecule has 0 unspecified atom stereocenters. The molecule has 0 aliphatic carbocycles. The molecule has 0 amide bonds. The van der Waals surface area contributed by atoms with Gasteiger partial charge in [-0.3, -0.25) is 4.79 Å². The Kier molecular flexibility index (Phi) is 5.61. The molecule has 0 saturated carbocycles. The van der Waals surface area contributed by atoms with Crippen molar-refractivity contribution in [1.82, 2.24) is 10.3 Å². The molecular weight excluding hydrogens is 303 g/mol. The molecule has 0 spiro atoms. The van der Waals surface area contributed by atoms with Crippen molar-refractivity contribution in [2.45, 2.75) is 25.7 Å². The largest absolute Gasteiger partial charge is 0.361 e. The molecule has 0 fully saturated rings. The van der Waals surface area contributed by atoms with Crippen molar-refractivity contribution >= 4 is 29.0 Å². The molecule has 0 aliphatic rings. The molecular formula is C13H14Cl2N2O3. The van der Waals surface area contributed by atoms with Crippen LogP contribution in [-0.4, -0.2) is 27.9 Å². The third-order valence-corrected chi connectivity index (χ3v) is 3.39. The van der Waals surface area contributed by atoms with Crippen LogP contribution < -0.4 is 0 Å². The predicted octanol–water partition coefficient (Wildman–Crippen LogP) is 3.24. The Balaban J connectivity index is 2.19. The van der Waals surface area contributed by atoms with Gasteiger partial charge < -0.3 is 9.05 Å². The van der Waals surface area contributed by atoms with Crippen molar-refractivity contribution < 1.29 is 13.8 Å². The summed E-state index contributed by atoms with van der Waals surface area (Å²) in [5, 5.41) is 7.37. The van der Waals surface area contributed by atoms with Gasteiger partial charge in [-0.05, 0) is 12.8 Å². The van der Waals surface area contributed by atoms with E-state index in [0.717, 1.165) is 12.8 Å². The second-order valence-corrected chi connectivity index (χ2v) is 5.00. The van der Waals surface area contributed by atoms with Gasteiger partial charge in [-0.25, -0.2) is 0 Å². The summed E-state index contributed by atoms with van der Waals surface area (Å²) < 4.78 is 10.2. The highest BCUT2D eigenvalue weighted by Crippen LogP contribution is 2.19. The summed E-state index contributed by atoms with van der Waals surface area (Å²) in [7, 11) is 0. The van der Waals surface area contributed by atoms with E-state index in [9.17, 15) is 4.79 Å². The van der Waals surface area contributed by atoms with Gasteiger partial charge in [0.05, 0.1) is 23.5 Å². The van der Waals surface area contributed by atoms with E-state index in [4.69, 9.17) is 32.2 Å². The van der Waals surface area contributed by atoms with Gasteiger partial charge in [0.1, 0.15) is 11.5 Å². The monoisotopic (exact) mass is 316 g/mol. The first-order valence-corrected chi connectivity index (χ1v) is 7.38. The summed E-state index contributed by atoms with van der Waals surface area (Å²) in [6.07, 6.45) is 5.44. The first kappa shape index (κ1) is 15.1. The highest BCUT2D eigenvalue weighted by atomic mass is 35.5. The molecule has 2 aromatic heterocycles. The second kappa shape index (κ2) is 7.45. The average Bonchev–Trinajstić information content (AvgIpc) is 3.10. The number of nitrogens with zero attached hydrogens (tertiary/aromatic N) is 2. The third-order valence-electron chi connectivity index (χ3n) is 2.85. The van der Waals surface area contributed by atoms with Gasteiger partial charge in [-0.15, -0.1) is 23.2 Å². The molecule has 0 N–H and O–H groups in total. The third kappa shape index (κ3) is 3.41. The lowest BCUT2D eigenvalue weighted by atomic mass is 10.0. The van der Waals surface area contributed by atoms with Crippen LogP contribution in [0.1, 0.15) is 40.3 Å². The van der Waals surface area contributed by atoms with Crippen molar-refractivity contribution in [3.8, 4) is 0 Å². The molecule has 0 radical (unpaired) electrons. The first-order chi connectivity index (χ1) is 9.77. The van der Waals surface area contributed by atoms with E-state index in [1.807, 2.05) is 0 Å². The van der Waals surface area contributed by atoms with Crippen LogP contribution in [0, 0.1) is 0 Å². The number of halogens is 2. The lowest BCUT2D eigenvalue weighted by Crippen LogP contribution is -2.05. The summed E-state index contributed by atoms with van der Waals surface area (Å²) in [6.45, 7) is 0. The van der Waals surface area contributed by atoms with Gasteiger partial charge in [-0.2, -0.15) is 0 Å². The second-order valence-electron chi connectivity index (χ2n) is 4.24. The maximum atomic E-state index is 12.5. The number of aromatic nitrogens is 2. The normalized spacial score (nSPS) is 10.9. The van der Waals surface area contributed by atoms with Crippen LogP contribution in [0.25, 0.3) is 0 Å². The van der Waals surface area contributed by atoms with Crippen LogP contribution in [0.4, 0.5) is 0 Å². The fraction of sp³-hybridized carbons (Fsp3) is 0.462. The summed E-state index contributed by atoms with van der Waals surface area (Å²) in [6, 6.07) is 0. The van der Waals surface area contributed by atoms with Gasteiger partial charge >= 0.3 is 0 Å². The zero-order chi connectivity index (χ0) is 14.4. The number of hydrogen-bond acceptors (Lipinski definition) is 5. The molecule has 0 aromatic carbocycles. The molecule has 0 atom stereocenters. The highest BCUT2D eigenvalue weighted by Gasteiger charge is 2.22. The molecule has 2 aromatic rings. The van der Waals surface area contributed by atoms with Crippen LogP contribution >= 0.6 is 23.2 Å². The number of hydrogen-bond donors (Lipinski definition) is 0. The van der Waals surface area contributed by atoms with Crippen LogP contribution in [0.3, 0.4) is 0 Å². The summed E-state index contributed by atoms with van der Waals surface area (Å²) in [5.74, 6) is 1.90. The topological polar surface area (TPSA) is 69.1 Å². The molecule has 2 rings (SSSR count). The Morgan fingerprint density at radius 2 is 1.40 bits per heavy atom. The van der Waals surface area contributed by atoms with Gasteiger partial charge in [0.15, 0.2) is 0 Å². The lowest BCUT2D eigenvalue weighted by Gasteiger charge is -2.00.